The van der Waals surface area contributed by atoms with E-state index in [4.69, 9.17) is 0 Å². The number of thiophene rings is 1. The van der Waals surface area contributed by atoms with Gasteiger partial charge in [-0.15, -0.1) is 33.3 Å². The molecule has 5 atom stereocenters. The van der Waals surface area contributed by atoms with Crippen LogP contribution in [0.5, 0.6) is 0 Å². The maximum absolute atomic E-state index is 13.1. The first-order valence-corrected chi connectivity index (χ1v) is 13.5. The van der Waals surface area contributed by atoms with Gasteiger partial charge in [-0.3, -0.25) is 14.4 Å². The van der Waals surface area contributed by atoms with Crippen molar-refractivity contribution in [2.45, 2.75) is 46.3 Å². The molecule has 32 heavy (non-hydrogen) atoms. The van der Waals surface area contributed by atoms with Gasteiger partial charge in [0.15, 0.2) is 17.0 Å². The molecule has 2 saturated heterocycles. The van der Waals surface area contributed by atoms with Crippen molar-refractivity contribution >= 4 is 63.6 Å². The van der Waals surface area contributed by atoms with E-state index in [1.165, 1.54) is 46.7 Å². The van der Waals surface area contributed by atoms with Crippen LogP contribution in [0, 0.1) is 5.41 Å². The van der Waals surface area contributed by atoms with E-state index >= 15 is 0 Å². The highest BCUT2D eigenvalue weighted by atomic mass is 32.2. The van der Waals surface area contributed by atoms with Crippen molar-refractivity contribution in [3.8, 4) is 0 Å². The van der Waals surface area contributed by atoms with Crippen LogP contribution >= 0.6 is 34.9 Å². The molecule has 2 aromatic heterocycles. The van der Waals surface area contributed by atoms with Crippen LogP contribution in [0.15, 0.2) is 26.9 Å². The Labute approximate surface area is 198 Å². The lowest BCUT2D eigenvalue weighted by atomic mass is 9.82. The third kappa shape index (κ3) is 3.84. The van der Waals surface area contributed by atoms with E-state index in [1.54, 1.807) is 17.5 Å². The number of tetrazole rings is 1. The molecule has 172 valence electrons. The number of thioether (sulfide) groups is 2. The second-order valence-electron chi connectivity index (χ2n) is 7.31. The molecule has 2 aliphatic heterocycles. The fourth-order valence-electron chi connectivity index (χ4n) is 3.91. The molecule has 4 unspecified atom stereocenters. The zero-order valence-corrected chi connectivity index (χ0v) is 20.3. The van der Waals surface area contributed by atoms with Crippen LogP contribution in [0.1, 0.15) is 20.3 Å². The molecule has 0 saturated carbocycles. The number of carbonyl (C=O) groups excluding carboxylic acids is 2. The van der Waals surface area contributed by atoms with E-state index < -0.39 is 50.8 Å². The van der Waals surface area contributed by atoms with E-state index in [-0.39, 0.29) is 12.3 Å². The zero-order valence-electron chi connectivity index (χ0n) is 17.0. The number of hydrogen-bond acceptors (Lipinski definition) is 10. The number of nitrogens with zero attached hydrogens (tertiary/aromatic N) is 5. The van der Waals surface area contributed by atoms with Crippen LogP contribution in [-0.4, -0.2) is 85.9 Å². The topological polar surface area (TPSA) is 149 Å². The summed E-state index contributed by atoms with van der Waals surface area (Å²) < 4.78 is 14.6. The maximum Gasteiger partial charge on any atom is 0.313 e. The molecular formula is C17H20N6O5S4. The summed E-state index contributed by atoms with van der Waals surface area (Å²) in [7, 11) is -1.80. The predicted octanol–water partition coefficient (Wildman–Crippen LogP) is 1.06. The van der Waals surface area contributed by atoms with Crippen molar-refractivity contribution < 1.29 is 23.7 Å². The summed E-state index contributed by atoms with van der Waals surface area (Å²) in [5, 5.41) is 25.1. The normalized spacial score (nSPS) is 26.7. The van der Waals surface area contributed by atoms with Gasteiger partial charge in [-0.1, -0.05) is 24.8 Å². The van der Waals surface area contributed by atoms with E-state index in [2.05, 4.69) is 20.6 Å². The Morgan fingerprint density at radius 3 is 2.88 bits per heavy atom. The van der Waals surface area contributed by atoms with Crippen LogP contribution < -0.4 is 0 Å². The first-order valence-electron chi connectivity index (χ1n) is 9.61. The Bertz CT molecular complexity index is 1030. The number of rotatable bonds is 8. The quantitative estimate of drug-likeness (QED) is 0.385. The Balaban J connectivity index is 1.57. The summed E-state index contributed by atoms with van der Waals surface area (Å²) >= 11 is 3.76. The van der Waals surface area contributed by atoms with Gasteiger partial charge in [0.2, 0.25) is 11.1 Å². The minimum Gasteiger partial charge on any atom is -0.481 e. The molecule has 2 fully saturated rings. The summed E-state index contributed by atoms with van der Waals surface area (Å²) in [6.45, 7) is 3.16. The number of carboxylic acid groups (broad SMARTS) is 1. The van der Waals surface area contributed by atoms with Crippen molar-refractivity contribution in [2.24, 2.45) is 5.41 Å². The maximum atomic E-state index is 13.1. The first kappa shape index (κ1) is 23.2. The minimum atomic E-state index is -1.80. The number of aromatic nitrogens is 4. The second-order valence-corrected chi connectivity index (χ2v) is 12.1. The summed E-state index contributed by atoms with van der Waals surface area (Å²) in [4.78, 5) is 39.4. The van der Waals surface area contributed by atoms with E-state index in [9.17, 15) is 23.7 Å². The number of aliphatic carboxylic acids is 1. The first-order chi connectivity index (χ1) is 15.3. The predicted molar refractivity (Wildman–Crippen MR) is 119 cm³/mol. The molecule has 0 aliphatic carbocycles. The fraction of sp³-hybridized carbons (Fsp3) is 0.529. The number of carbonyl (C=O) groups is 3. The van der Waals surface area contributed by atoms with Crippen LogP contribution in [0.2, 0.25) is 0 Å². The Kier molecular flexibility index (Phi) is 6.61. The molecule has 2 aromatic rings. The van der Waals surface area contributed by atoms with Crippen LogP contribution in [0.25, 0.3) is 0 Å². The SMILES string of the molecule is CCC(Sc1nn[nH]n1)C1(C(=O)O)CS[C@@H]2C(N(C(C)=O)S(=O)c3cccs3)C(=O)N2C1. The van der Waals surface area contributed by atoms with Gasteiger partial charge in [0, 0.05) is 24.5 Å². The monoisotopic (exact) mass is 516 g/mol. The highest BCUT2D eigenvalue weighted by molar-refractivity contribution is 8.01. The number of amides is 2. The average molecular weight is 517 g/mol. The van der Waals surface area contributed by atoms with Gasteiger partial charge in [0.05, 0.1) is 0 Å². The van der Waals surface area contributed by atoms with Crippen molar-refractivity contribution in [2.75, 3.05) is 12.3 Å². The second kappa shape index (κ2) is 9.11. The highest BCUT2D eigenvalue weighted by Gasteiger charge is 2.62. The Morgan fingerprint density at radius 2 is 2.31 bits per heavy atom. The van der Waals surface area contributed by atoms with Gasteiger partial charge in [-0.05, 0) is 23.1 Å². The summed E-state index contributed by atoms with van der Waals surface area (Å²) in [5.74, 6) is -1.64. The van der Waals surface area contributed by atoms with Gasteiger partial charge < -0.3 is 10.0 Å². The average Bonchev–Trinajstić information content (AvgIpc) is 3.48. The van der Waals surface area contributed by atoms with Gasteiger partial charge in [0.1, 0.15) is 15.0 Å². The third-order valence-electron chi connectivity index (χ3n) is 5.47. The molecule has 11 nitrogen and oxygen atoms in total. The molecule has 0 bridgehead atoms. The molecule has 4 rings (SSSR count). The van der Waals surface area contributed by atoms with Gasteiger partial charge in [-0.2, -0.15) is 5.21 Å². The molecular weight excluding hydrogens is 496 g/mol. The largest absolute Gasteiger partial charge is 0.481 e. The van der Waals surface area contributed by atoms with E-state index in [0.717, 1.165) is 4.31 Å². The molecule has 0 spiro atoms. The van der Waals surface area contributed by atoms with Crippen LogP contribution in [0.4, 0.5) is 0 Å². The fourth-order valence-corrected chi connectivity index (χ4v) is 9.06. The zero-order chi connectivity index (χ0) is 23.0. The standard InChI is InChI=1S/C17H20N6O5S4/c1-3-10(31-16-18-20-21-19-16)17(15(26)27)7-22-13(25)12(14(22)30-8-17)23(9(2)24)32(28)11-5-4-6-29-11/h4-6,10,12,14H,3,7-8H2,1-2H3,(H,26,27)(H,18,19,20,21)/t10?,12?,14-,17?,32?/m1/s1. The third-order valence-corrected chi connectivity index (χ3v) is 11.2. The van der Waals surface area contributed by atoms with Crippen molar-refractivity contribution in [3.63, 3.8) is 0 Å². The minimum absolute atomic E-state index is 0.00390. The lowest BCUT2D eigenvalue weighted by Gasteiger charge is -2.56. The Morgan fingerprint density at radius 1 is 1.53 bits per heavy atom. The Hall–Kier alpha value is -1.97. The van der Waals surface area contributed by atoms with Crippen molar-refractivity contribution in [3.05, 3.63) is 17.5 Å². The van der Waals surface area contributed by atoms with Crippen LogP contribution in [-0.2, 0) is 25.4 Å². The molecule has 2 amide bonds. The number of carboxylic acids is 1. The molecule has 15 heteroatoms. The number of H-pyrrole nitrogens is 1. The molecule has 4 heterocycles. The molecule has 2 N–H and O–H groups in total. The number of aromatic amines is 1. The lowest BCUT2D eigenvalue weighted by molar-refractivity contribution is -0.162. The highest BCUT2D eigenvalue weighted by Crippen LogP contribution is 2.49. The van der Waals surface area contributed by atoms with Gasteiger partial charge >= 0.3 is 5.97 Å². The van der Waals surface area contributed by atoms with Gasteiger partial charge in [-0.25, -0.2) is 8.51 Å². The van der Waals surface area contributed by atoms with E-state index in [1.807, 2.05) is 6.92 Å². The van der Waals surface area contributed by atoms with Gasteiger partial charge in [0.25, 0.3) is 5.91 Å². The molecule has 0 radical (unpaired) electrons. The number of nitrogens with one attached hydrogen (secondary N) is 1. The smallest absolute Gasteiger partial charge is 0.313 e. The summed E-state index contributed by atoms with van der Waals surface area (Å²) in [6.07, 6.45) is 0.518. The number of fused-ring (bicyclic) bond motifs is 1. The van der Waals surface area contributed by atoms with Crippen molar-refractivity contribution in [1.82, 2.24) is 29.8 Å². The van der Waals surface area contributed by atoms with Crippen molar-refractivity contribution in [1.29, 1.82) is 0 Å². The van der Waals surface area contributed by atoms with E-state index in [0.29, 0.717) is 15.8 Å². The lowest BCUT2D eigenvalue weighted by Crippen LogP contribution is -2.75. The number of β-lactam (4-membered cyclic amide) rings is 1. The summed E-state index contributed by atoms with van der Waals surface area (Å²) in [5.41, 5.74) is -1.23. The number of hydrogen-bond donors (Lipinski definition) is 2. The molecule has 2 aliphatic rings. The van der Waals surface area contributed by atoms with Crippen LogP contribution in [0.3, 0.4) is 0 Å². The summed E-state index contributed by atoms with van der Waals surface area (Å²) in [6, 6.07) is 2.49. The molecule has 0 aromatic carbocycles.